The summed E-state index contributed by atoms with van der Waals surface area (Å²) in [7, 11) is 0. The van der Waals surface area contributed by atoms with E-state index >= 15 is 0 Å². The molecule has 0 spiro atoms. The van der Waals surface area contributed by atoms with Crippen LogP contribution in [0.2, 0.25) is 0 Å². The summed E-state index contributed by atoms with van der Waals surface area (Å²) < 4.78 is 6.47. The Morgan fingerprint density at radius 1 is 1.28 bits per heavy atom. The number of nitrogens with one attached hydrogen (secondary N) is 1. The maximum atomic E-state index is 5.55. The molecule has 18 heavy (non-hydrogen) atoms. The Labute approximate surface area is 115 Å². The first-order valence-electron chi connectivity index (χ1n) is 5.68. The number of aromatic nitrogens is 2. The number of hydrogen-bond donors (Lipinski definition) is 1. The van der Waals surface area contributed by atoms with Crippen molar-refractivity contribution in [3.8, 4) is 5.75 Å². The fourth-order valence-electron chi connectivity index (χ4n) is 1.43. The van der Waals surface area contributed by atoms with Gasteiger partial charge in [-0.05, 0) is 34.1 Å². The van der Waals surface area contributed by atoms with E-state index < -0.39 is 0 Å². The topological polar surface area (TPSA) is 47.0 Å². The summed E-state index contributed by atoms with van der Waals surface area (Å²) in [5.41, 5.74) is 1.03. The summed E-state index contributed by atoms with van der Waals surface area (Å²) in [6.07, 6.45) is 5.22. The number of rotatable bonds is 6. The number of hydrogen-bond acceptors (Lipinski definition) is 4. The minimum atomic E-state index is 0.602. The lowest BCUT2D eigenvalue weighted by Gasteiger charge is -2.07. The van der Waals surface area contributed by atoms with E-state index in [-0.39, 0.29) is 0 Å². The molecule has 0 aliphatic rings. The zero-order chi connectivity index (χ0) is 12.6. The number of halogens is 1. The van der Waals surface area contributed by atoms with E-state index in [2.05, 4.69) is 31.2 Å². The lowest BCUT2D eigenvalue weighted by Crippen LogP contribution is -2.21. The van der Waals surface area contributed by atoms with Gasteiger partial charge in [-0.1, -0.05) is 6.07 Å². The van der Waals surface area contributed by atoms with Crippen molar-refractivity contribution in [1.29, 1.82) is 0 Å². The van der Waals surface area contributed by atoms with Crippen molar-refractivity contribution in [3.05, 3.63) is 53.0 Å². The standard InChI is InChI=1S/C13H14BrN3O/c14-11-7-13(10-16-8-11)18-6-5-15-9-12-3-1-2-4-17-12/h1-4,7-8,10,15H,5-6,9H2. The van der Waals surface area contributed by atoms with Gasteiger partial charge in [0.1, 0.15) is 12.4 Å². The van der Waals surface area contributed by atoms with Crippen molar-refractivity contribution in [3.63, 3.8) is 0 Å². The summed E-state index contributed by atoms with van der Waals surface area (Å²) in [5, 5.41) is 3.27. The Kier molecular flexibility index (Phi) is 5.11. The first kappa shape index (κ1) is 13.0. The first-order valence-corrected chi connectivity index (χ1v) is 6.48. The van der Waals surface area contributed by atoms with Gasteiger partial charge >= 0.3 is 0 Å². The molecule has 0 aliphatic heterocycles. The van der Waals surface area contributed by atoms with Crippen LogP contribution in [0.4, 0.5) is 0 Å². The Balaban J connectivity index is 1.65. The Hall–Kier alpha value is -1.46. The lowest BCUT2D eigenvalue weighted by molar-refractivity contribution is 0.312. The largest absolute Gasteiger partial charge is 0.491 e. The second kappa shape index (κ2) is 7.08. The summed E-state index contributed by atoms with van der Waals surface area (Å²) in [4.78, 5) is 8.26. The second-order valence-corrected chi connectivity index (χ2v) is 4.60. The maximum Gasteiger partial charge on any atom is 0.138 e. The van der Waals surface area contributed by atoms with E-state index in [1.54, 1.807) is 18.6 Å². The fourth-order valence-corrected chi connectivity index (χ4v) is 1.78. The minimum Gasteiger partial charge on any atom is -0.491 e. The zero-order valence-corrected chi connectivity index (χ0v) is 11.4. The molecule has 0 amide bonds. The van der Waals surface area contributed by atoms with Gasteiger partial charge in [-0.15, -0.1) is 0 Å². The van der Waals surface area contributed by atoms with Gasteiger partial charge < -0.3 is 10.1 Å². The monoisotopic (exact) mass is 307 g/mol. The van der Waals surface area contributed by atoms with Gasteiger partial charge in [0.05, 0.1) is 11.9 Å². The Morgan fingerprint density at radius 3 is 3.00 bits per heavy atom. The number of pyridine rings is 2. The summed E-state index contributed by atoms with van der Waals surface area (Å²) in [5.74, 6) is 0.768. The molecule has 5 heteroatoms. The second-order valence-electron chi connectivity index (χ2n) is 3.69. The van der Waals surface area contributed by atoms with Crippen LogP contribution in [0.15, 0.2) is 47.3 Å². The zero-order valence-electron chi connectivity index (χ0n) is 9.84. The van der Waals surface area contributed by atoms with Gasteiger partial charge in [-0.25, -0.2) is 0 Å². The molecule has 0 bridgehead atoms. The highest BCUT2D eigenvalue weighted by atomic mass is 79.9. The number of nitrogens with zero attached hydrogens (tertiary/aromatic N) is 2. The molecule has 0 aliphatic carbocycles. The quantitative estimate of drug-likeness (QED) is 0.833. The smallest absolute Gasteiger partial charge is 0.138 e. The molecule has 2 heterocycles. The Morgan fingerprint density at radius 2 is 2.22 bits per heavy atom. The van der Waals surface area contributed by atoms with Gasteiger partial charge in [0.2, 0.25) is 0 Å². The van der Waals surface area contributed by atoms with Crippen molar-refractivity contribution in [2.75, 3.05) is 13.2 Å². The van der Waals surface area contributed by atoms with Crippen molar-refractivity contribution < 1.29 is 4.74 Å². The molecular weight excluding hydrogens is 294 g/mol. The molecule has 0 aromatic carbocycles. The van der Waals surface area contributed by atoms with E-state index in [0.29, 0.717) is 6.61 Å². The predicted molar refractivity (Wildman–Crippen MR) is 73.4 cm³/mol. The molecule has 94 valence electrons. The molecule has 0 radical (unpaired) electrons. The highest BCUT2D eigenvalue weighted by molar-refractivity contribution is 9.10. The van der Waals surface area contributed by atoms with Crippen LogP contribution in [-0.2, 0) is 6.54 Å². The van der Waals surface area contributed by atoms with E-state index in [9.17, 15) is 0 Å². The van der Waals surface area contributed by atoms with Gasteiger partial charge in [0.25, 0.3) is 0 Å². The van der Waals surface area contributed by atoms with Crippen LogP contribution in [0.5, 0.6) is 5.75 Å². The van der Waals surface area contributed by atoms with E-state index in [1.165, 1.54) is 0 Å². The van der Waals surface area contributed by atoms with Crippen LogP contribution >= 0.6 is 15.9 Å². The summed E-state index contributed by atoms with van der Waals surface area (Å²) >= 11 is 3.35. The highest BCUT2D eigenvalue weighted by Gasteiger charge is 1.96. The summed E-state index contributed by atoms with van der Waals surface area (Å²) in [6, 6.07) is 7.78. The van der Waals surface area contributed by atoms with Crippen LogP contribution in [0, 0.1) is 0 Å². The molecule has 4 nitrogen and oxygen atoms in total. The molecule has 0 unspecified atom stereocenters. The van der Waals surface area contributed by atoms with Gasteiger partial charge in [0, 0.05) is 30.0 Å². The van der Waals surface area contributed by atoms with Gasteiger partial charge in [0.15, 0.2) is 0 Å². The average Bonchev–Trinajstić information content (AvgIpc) is 2.40. The molecule has 2 aromatic heterocycles. The van der Waals surface area contributed by atoms with Crippen LogP contribution in [0.1, 0.15) is 5.69 Å². The normalized spacial score (nSPS) is 10.3. The molecule has 0 atom stereocenters. The minimum absolute atomic E-state index is 0.602. The van der Waals surface area contributed by atoms with Crippen molar-refractivity contribution in [2.24, 2.45) is 0 Å². The SMILES string of the molecule is Brc1cncc(OCCNCc2ccccn2)c1. The van der Waals surface area contributed by atoms with Gasteiger partial charge in [-0.3, -0.25) is 9.97 Å². The third-order valence-electron chi connectivity index (χ3n) is 2.26. The predicted octanol–water partition coefficient (Wildman–Crippen LogP) is 2.41. The average molecular weight is 308 g/mol. The van der Waals surface area contributed by atoms with Crippen LogP contribution in [0.3, 0.4) is 0 Å². The Bertz CT molecular complexity index is 479. The highest BCUT2D eigenvalue weighted by Crippen LogP contribution is 2.15. The van der Waals surface area contributed by atoms with E-state index in [0.717, 1.165) is 29.0 Å². The summed E-state index contributed by atoms with van der Waals surface area (Å²) in [6.45, 7) is 2.12. The van der Waals surface area contributed by atoms with Crippen LogP contribution in [0.25, 0.3) is 0 Å². The van der Waals surface area contributed by atoms with Crippen molar-refractivity contribution >= 4 is 15.9 Å². The van der Waals surface area contributed by atoms with Crippen molar-refractivity contribution in [1.82, 2.24) is 15.3 Å². The van der Waals surface area contributed by atoms with Gasteiger partial charge in [-0.2, -0.15) is 0 Å². The third-order valence-corrected chi connectivity index (χ3v) is 2.69. The van der Waals surface area contributed by atoms with Crippen LogP contribution in [-0.4, -0.2) is 23.1 Å². The first-order chi connectivity index (χ1) is 8.84. The third kappa shape index (κ3) is 4.43. The molecule has 2 aromatic rings. The fraction of sp³-hybridized carbons (Fsp3) is 0.231. The van der Waals surface area contributed by atoms with Crippen LogP contribution < -0.4 is 10.1 Å². The molecule has 0 saturated heterocycles. The maximum absolute atomic E-state index is 5.55. The molecule has 2 rings (SSSR count). The van der Waals surface area contributed by atoms with E-state index in [4.69, 9.17) is 4.74 Å². The van der Waals surface area contributed by atoms with Crippen molar-refractivity contribution in [2.45, 2.75) is 6.54 Å². The van der Waals surface area contributed by atoms with E-state index in [1.807, 2.05) is 24.3 Å². The molecule has 0 saturated carbocycles. The molecule has 0 fully saturated rings. The number of ether oxygens (including phenoxy) is 1. The molecular formula is C13H14BrN3O. The lowest BCUT2D eigenvalue weighted by atomic mass is 10.3. The molecule has 1 N–H and O–H groups in total.